The van der Waals surface area contributed by atoms with Crippen molar-refractivity contribution in [2.45, 2.75) is 25.8 Å². The molecule has 0 unspecified atom stereocenters. The summed E-state index contributed by atoms with van der Waals surface area (Å²) in [7, 11) is 0. The smallest absolute Gasteiger partial charge is 0.244 e. The van der Waals surface area contributed by atoms with E-state index in [0.717, 1.165) is 29.8 Å². The summed E-state index contributed by atoms with van der Waals surface area (Å²) >= 11 is 5.68. The second-order valence-electron chi connectivity index (χ2n) is 7.74. The minimum Gasteiger partial charge on any atom is -0.342 e. The number of benzene rings is 3. The van der Waals surface area contributed by atoms with E-state index in [9.17, 15) is 23.2 Å². The molecule has 174 valence electrons. The second kappa shape index (κ2) is 11.5. The van der Waals surface area contributed by atoms with Crippen LogP contribution in [0.1, 0.15) is 34.0 Å². The van der Waals surface area contributed by atoms with Gasteiger partial charge in [0.05, 0.1) is 11.1 Å². The van der Waals surface area contributed by atoms with Crippen LogP contribution in [0.25, 0.3) is 6.08 Å². The molecule has 0 aromatic heterocycles. The molecule has 7 heteroatoms. The largest absolute Gasteiger partial charge is 0.342 e. The van der Waals surface area contributed by atoms with E-state index in [4.69, 9.17) is 11.6 Å². The molecule has 0 aliphatic carbocycles. The van der Waals surface area contributed by atoms with Gasteiger partial charge in [0.25, 0.3) is 0 Å². The standard InChI is InChI=1S/C27H22ClF2NO3/c1-17(32)20-9-7-19(8-10-20)16-25(33)24(15-18-5-3-2-4-6-18)31-26(34)14-11-21-23(29)13-12-22(28)27(21)30/h2-14,24H,15-16H2,1H3,(H,31,34)/b14-11+/t24-/m0/s1. The first-order valence-corrected chi connectivity index (χ1v) is 10.9. The van der Waals surface area contributed by atoms with Crippen LogP contribution in [-0.4, -0.2) is 23.5 Å². The third-order valence-electron chi connectivity index (χ3n) is 5.21. The highest BCUT2D eigenvalue weighted by Crippen LogP contribution is 2.22. The molecule has 0 saturated heterocycles. The number of hydrogen-bond acceptors (Lipinski definition) is 3. The van der Waals surface area contributed by atoms with Crippen molar-refractivity contribution in [3.05, 3.63) is 112 Å². The van der Waals surface area contributed by atoms with Gasteiger partial charge in [-0.15, -0.1) is 0 Å². The fraction of sp³-hybridized carbons (Fsp3) is 0.148. The molecule has 4 nitrogen and oxygen atoms in total. The van der Waals surface area contributed by atoms with Gasteiger partial charge >= 0.3 is 0 Å². The minimum absolute atomic E-state index is 0.0389. The molecule has 0 heterocycles. The lowest BCUT2D eigenvalue weighted by Gasteiger charge is -2.17. The number of Topliss-reactive ketones (excluding diaryl/α,β-unsaturated/α-hetero) is 2. The van der Waals surface area contributed by atoms with Crippen molar-refractivity contribution in [2.75, 3.05) is 0 Å². The predicted octanol–water partition coefficient (Wildman–Crippen LogP) is 5.37. The molecule has 3 aromatic carbocycles. The average molecular weight is 482 g/mol. The molecule has 0 aliphatic heterocycles. The highest BCUT2D eigenvalue weighted by atomic mass is 35.5. The van der Waals surface area contributed by atoms with Crippen molar-refractivity contribution in [1.29, 1.82) is 0 Å². The molecule has 34 heavy (non-hydrogen) atoms. The Hall–Kier alpha value is -3.64. The highest BCUT2D eigenvalue weighted by Gasteiger charge is 2.21. The van der Waals surface area contributed by atoms with Gasteiger partial charge in [0, 0.05) is 23.6 Å². The van der Waals surface area contributed by atoms with Crippen LogP contribution in [0.3, 0.4) is 0 Å². The first kappa shape index (κ1) is 25.0. The molecular formula is C27H22ClF2NO3. The fourth-order valence-corrected chi connectivity index (χ4v) is 3.52. The Balaban J connectivity index is 1.77. The molecule has 3 rings (SSSR count). The van der Waals surface area contributed by atoms with Gasteiger partial charge in [-0.2, -0.15) is 0 Å². The third-order valence-corrected chi connectivity index (χ3v) is 5.50. The number of hydrogen-bond donors (Lipinski definition) is 1. The van der Waals surface area contributed by atoms with E-state index in [0.29, 0.717) is 11.1 Å². The maximum absolute atomic E-state index is 14.1. The van der Waals surface area contributed by atoms with Crippen LogP contribution in [0.5, 0.6) is 0 Å². The van der Waals surface area contributed by atoms with Gasteiger partial charge in [-0.1, -0.05) is 66.2 Å². The fourth-order valence-electron chi connectivity index (χ4n) is 3.35. The Kier molecular flexibility index (Phi) is 8.44. The van der Waals surface area contributed by atoms with Crippen molar-refractivity contribution in [3.8, 4) is 0 Å². The quantitative estimate of drug-likeness (QED) is 0.254. The van der Waals surface area contributed by atoms with Crippen molar-refractivity contribution in [3.63, 3.8) is 0 Å². The van der Waals surface area contributed by atoms with Crippen LogP contribution in [0.2, 0.25) is 5.02 Å². The number of amides is 1. The molecule has 0 radical (unpaired) electrons. The van der Waals surface area contributed by atoms with Gasteiger partial charge in [-0.05, 0) is 42.7 Å². The summed E-state index contributed by atoms with van der Waals surface area (Å²) in [6.45, 7) is 1.46. The predicted molar refractivity (Wildman–Crippen MR) is 128 cm³/mol. The minimum atomic E-state index is -0.975. The Morgan fingerprint density at radius 3 is 2.26 bits per heavy atom. The average Bonchev–Trinajstić information content (AvgIpc) is 2.82. The Morgan fingerprint density at radius 2 is 1.62 bits per heavy atom. The maximum atomic E-state index is 14.1. The Morgan fingerprint density at radius 1 is 0.941 bits per heavy atom. The summed E-state index contributed by atoms with van der Waals surface area (Å²) in [6, 6.07) is 17.0. The number of rotatable bonds is 9. The van der Waals surface area contributed by atoms with E-state index in [2.05, 4.69) is 5.32 Å². The van der Waals surface area contributed by atoms with Gasteiger partial charge < -0.3 is 5.32 Å². The molecular weight excluding hydrogens is 460 g/mol. The SMILES string of the molecule is CC(=O)c1ccc(CC(=O)[C@H](Cc2ccccc2)NC(=O)/C=C/c2c(F)ccc(Cl)c2F)cc1. The topological polar surface area (TPSA) is 63.2 Å². The molecule has 3 aromatic rings. The zero-order chi connectivity index (χ0) is 24.7. The van der Waals surface area contributed by atoms with Crippen LogP contribution in [0.4, 0.5) is 8.78 Å². The van der Waals surface area contributed by atoms with Crippen LogP contribution in [0, 0.1) is 11.6 Å². The molecule has 1 amide bonds. The summed E-state index contributed by atoms with van der Waals surface area (Å²) in [5, 5.41) is 2.36. The molecule has 1 atom stereocenters. The van der Waals surface area contributed by atoms with Gasteiger partial charge in [0.2, 0.25) is 5.91 Å². The number of nitrogens with one attached hydrogen (secondary N) is 1. The number of ketones is 2. The van der Waals surface area contributed by atoms with Crippen LogP contribution < -0.4 is 5.32 Å². The molecule has 0 aliphatic rings. The number of carbonyl (C=O) groups excluding carboxylic acids is 3. The van der Waals surface area contributed by atoms with Crippen LogP contribution in [-0.2, 0) is 22.4 Å². The maximum Gasteiger partial charge on any atom is 0.244 e. The Bertz CT molecular complexity index is 1220. The second-order valence-corrected chi connectivity index (χ2v) is 8.14. The van der Waals surface area contributed by atoms with Crippen LogP contribution in [0.15, 0.2) is 72.8 Å². The zero-order valence-corrected chi connectivity index (χ0v) is 19.1. The van der Waals surface area contributed by atoms with E-state index in [1.807, 2.05) is 30.3 Å². The van der Waals surface area contributed by atoms with Gasteiger partial charge in [0.1, 0.15) is 5.82 Å². The highest BCUT2D eigenvalue weighted by molar-refractivity contribution is 6.30. The molecule has 0 fully saturated rings. The van der Waals surface area contributed by atoms with Gasteiger partial charge in [-0.25, -0.2) is 8.78 Å². The molecule has 0 spiro atoms. The molecule has 0 bridgehead atoms. The summed E-state index contributed by atoms with van der Waals surface area (Å²) in [5.74, 6) is -2.85. The van der Waals surface area contributed by atoms with E-state index in [-0.39, 0.29) is 29.4 Å². The third kappa shape index (κ3) is 6.68. The first-order valence-electron chi connectivity index (χ1n) is 10.5. The van der Waals surface area contributed by atoms with Crippen molar-refractivity contribution in [2.24, 2.45) is 0 Å². The summed E-state index contributed by atoms with van der Waals surface area (Å²) < 4.78 is 28.0. The van der Waals surface area contributed by atoms with Crippen molar-refractivity contribution in [1.82, 2.24) is 5.32 Å². The zero-order valence-electron chi connectivity index (χ0n) is 18.4. The van der Waals surface area contributed by atoms with Crippen molar-refractivity contribution >= 4 is 35.2 Å². The lowest BCUT2D eigenvalue weighted by atomic mass is 9.97. The van der Waals surface area contributed by atoms with E-state index >= 15 is 0 Å². The van der Waals surface area contributed by atoms with Crippen molar-refractivity contribution < 1.29 is 23.2 Å². The normalized spacial score (nSPS) is 11.9. The summed E-state index contributed by atoms with van der Waals surface area (Å²) in [5.41, 5.74) is 1.63. The van der Waals surface area contributed by atoms with Crippen LogP contribution >= 0.6 is 11.6 Å². The lowest BCUT2D eigenvalue weighted by Crippen LogP contribution is -2.42. The van der Waals surface area contributed by atoms with E-state index < -0.39 is 29.1 Å². The first-order chi connectivity index (χ1) is 16.2. The van der Waals surface area contributed by atoms with E-state index in [1.165, 1.54) is 6.92 Å². The summed E-state index contributed by atoms with van der Waals surface area (Å²) in [6.07, 6.45) is 2.23. The number of carbonyl (C=O) groups is 3. The Labute approximate surface area is 201 Å². The number of halogens is 3. The van der Waals surface area contributed by atoms with Gasteiger partial charge in [-0.3, -0.25) is 14.4 Å². The van der Waals surface area contributed by atoms with Gasteiger partial charge in [0.15, 0.2) is 17.4 Å². The molecule has 1 N–H and O–H groups in total. The molecule has 0 saturated carbocycles. The monoisotopic (exact) mass is 481 g/mol. The lowest BCUT2D eigenvalue weighted by molar-refractivity contribution is -0.125. The van der Waals surface area contributed by atoms with E-state index in [1.54, 1.807) is 24.3 Å². The summed E-state index contributed by atoms with van der Waals surface area (Å²) in [4.78, 5) is 37.1.